The van der Waals surface area contributed by atoms with E-state index in [1.807, 2.05) is 60.9 Å². The van der Waals surface area contributed by atoms with Crippen LogP contribution < -0.4 is 0 Å². The van der Waals surface area contributed by atoms with Gasteiger partial charge in [-0.1, -0.05) is 72.8 Å². The molecule has 0 atom stereocenters. The molecule has 134 valence electrons. The number of nitrogens with zero attached hydrogens (tertiary/aromatic N) is 2. The van der Waals surface area contributed by atoms with Gasteiger partial charge in [0.1, 0.15) is 0 Å². The molecule has 0 spiro atoms. The summed E-state index contributed by atoms with van der Waals surface area (Å²) in [5, 5.41) is 0. The second-order valence-corrected chi connectivity index (χ2v) is 5.97. The summed E-state index contributed by atoms with van der Waals surface area (Å²) in [4.78, 5) is 8.55. The molecule has 4 aromatic rings. The van der Waals surface area contributed by atoms with Crippen molar-refractivity contribution in [1.82, 2.24) is 9.97 Å². The number of benzene rings is 2. The van der Waals surface area contributed by atoms with Crippen molar-refractivity contribution < 1.29 is 20.1 Å². The molecule has 0 aliphatic heterocycles. The molecule has 0 unspecified atom stereocenters. The summed E-state index contributed by atoms with van der Waals surface area (Å²) >= 11 is 0. The van der Waals surface area contributed by atoms with Crippen molar-refractivity contribution in [3.8, 4) is 0 Å². The smallest absolute Gasteiger partial charge is 0.261 e. The first-order valence-electron chi connectivity index (χ1n) is 8.78. The van der Waals surface area contributed by atoms with Gasteiger partial charge in [-0.05, 0) is 35.4 Å². The first-order valence-corrected chi connectivity index (χ1v) is 8.78. The molecule has 2 aromatic carbocycles. The minimum Gasteiger partial charge on any atom is -0.261 e. The number of rotatable bonds is 4. The van der Waals surface area contributed by atoms with E-state index in [2.05, 4.69) is 58.5 Å². The van der Waals surface area contributed by atoms with Crippen LogP contribution in [0.1, 0.15) is 22.5 Å². The van der Waals surface area contributed by atoms with Crippen LogP contribution in [-0.4, -0.2) is 9.97 Å². The van der Waals surface area contributed by atoms with Crippen molar-refractivity contribution in [2.45, 2.75) is 12.8 Å². The number of pyridine rings is 2. The van der Waals surface area contributed by atoms with Crippen LogP contribution in [0.15, 0.2) is 109 Å². The van der Waals surface area contributed by atoms with E-state index in [9.17, 15) is 0 Å². The zero-order valence-corrected chi connectivity index (χ0v) is 17.4. The number of aromatic nitrogens is 2. The van der Waals surface area contributed by atoms with Crippen LogP contribution in [0.5, 0.6) is 0 Å². The molecular formula is C24H22IrN2+3. The van der Waals surface area contributed by atoms with Gasteiger partial charge < -0.3 is 0 Å². The Morgan fingerprint density at radius 2 is 0.815 bits per heavy atom. The third-order valence-electron chi connectivity index (χ3n) is 3.91. The molecule has 0 aliphatic carbocycles. The van der Waals surface area contributed by atoms with E-state index >= 15 is 0 Å². The van der Waals surface area contributed by atoms with Gasteiger partial charge in [0.25, 0.3) is 0 Å². The van der Waals surface area contributed by atoms with Gasteiger partial charge in [-0.15, -0.1) is 0 Å². The van der Waals surface area contributed by atoms with Crippen LogP contribution in [0, 0.1) is 0 Å². The molecule has 3 heteroatoms. The topological polar surface area (TPSA) is 25.8 Å². The molecule has 4 rings (SSSR count). The second-order valence-electron chi connectivity index (χ2n) is 5.97. The largest absolute Gasteiger partial charge is 3.00 e. The summed E-state index contributed by atoms with van der Waals surface area (Å²) in [5.41, 5.74) is 4.85. The predicted octanol–water partition coefficient (Wildman–Crippen LogP) is 5.34. The molecule has 2 heterocycles. The molecule has 0 fully saturated rings. The Balaban J connectivity index is 0.000000187. The quantitative estimate of drug-likeness (QED) is 0.356. The van der Waals surface area contributed by atoms with Gasteiger partial charge in [0.15, 0.2) is 0 Å². The SMILES string of the molecule is [Ir+3].c1ccc(Cc2ccccn2)cc1.c1ccc(Cc2ccccn2)cc1. The van der Waals surface area contributed by atoms with Gasteiger partial charge >= 0.3 is 20.1 Å². The second kappa shape index (κ2) is 11.9. The summed E-state index contributed by atoms with van der Waals surface area (Å²) in [6, 6.07) is 32.8. The van der Waals surface area contributed by atoms with Crippen LogP contribution in [-0.2, 0) is 32.9 Å². The maximum Gasteiger partial charge on any atom is 3.00 e. The van der Waals surface area contributed by atoms with Crippen molar-refractivity contribution in [2.75, 3.05) is 0 Å². The fourth-order valence-electron chi connectivity index (χ4n) is 2.62. The average Bonchev–Trinajstić information content (AvgIpc) is 2.72. The minimum absolute atomic E-state index is 0. The van der Waals surface area contributed by atoms with Crippen molar-refractivity contribution in [1.29, 1.82) is 0 Å². The molecule has 0 radical (unpaired) electrons. The van der Waals surface area contributed by atoms with E-state index in [1.54, 1.807) is 0 Å². The molecule has 2 aromatic heterocycles. The van der Waals surface area contributed by atoms with Crippen LogP contribution >= 0.6 is 0 Å². The van der Waals surface area contributed by atoms with Gasteiger partial charge in [-0.25, -0.2) is 0 Å². The summed E-state index contributed by atoms with van der Waals surface area (Å²) < 4.78 is 0. The summed E-state index contributed by atoms with van der Waals surface area (Å²) in [7, 11) is 0. The number of hydrogen-bond acceptors (Lipinski definition) is 2. The van der Waals surface area contributed by atoms with Gasteiger partial charge in [0.05, 0.1) is 0 Å². The molecule has 0 saturated carbocycles. The normalized spacial score (nSPS) is 9.48. The van der Waals surface area contributed by atoms with Crippen LogP contribution in [0.2, 0.25) is 0 Å². The van der Waals surface area contributed by atoms with Gasteiger partial charge in [-0.2, -0.15) is 0 Å². The molecular weight excluding hydrogens is 508 g/mol. The van der Waals surface area contributed by atoms with Crippen molar-refractivity contribution in [3.05, 3.63) is 132 Å². The summed E-state index contributed by atoms with van der Waals surface area (Å²) in [6.45, 7) is 0. The van der Waals surface area contributed by atoms with E-state index in [-0.39, 0.29) is 20.1 Å². The van der Waals surface area contributed by atoms with Crippen molar-refractivity contribution >= 4 is 0 Å². The zero-order valence-electron chi connectivity index (χ0n) is 15.0. The maximum absolute atomic E-state index is 4.27. The van der Waals surface area contributed by atoms with Crippen LogP contribution in [0.25, 0.3) is 0 Å². The molecule has 0 bridgehead atoms. The Hall–Kier alpha value is -2.61. The fraction of sp³-hybridized carbons (Fsp3) is 0.0833. The minimum atomic E-state index is 0. The Morgan fingerprint density at radius 3 is 1.15 bits per heavy atom. The molecule has 0 N–H and O–H groups in total. The van der Waals surface area contributed by atoms with E-state index in [0.29, 0.717) is 0 Å². The standard InChI is InChI=1S/2C12H11N.Ir/c2*1-2-6-11(7-3-1)10-12-8-4-5-9-13-12;/h2*1-9H,10H2;/q;;+3. The Labute approximate surface area is 174 Å². The van der Waals surface area contributed by atoms with Gasteiger partial charge in [0, 0.05) is 36.6 Å². The van der Waals surface area contributed by atoms with Crippen LogP contribution in [0.4, 0.5) is 0 Å². The first-order chi connectivity index (χ1) is 12.9. The summed E-state index contributed by atoms with van der Waals surface area (Å²) in [6.07, 6.45) is 5.50. The third-order valence-corrected chi connectivity index (χ3v) is 3.91. The maximum atomic E-state index is 4.27. The Morgan fingerprint density at radius 1 is 0.444 bits per heavy atom. The third kappa shape index (κ3) is 7.65. The van der Waals surface area contributed by atoms with Crippen molar-refractivity contribution in [3.63, 3.8) is 0 Å². The van der Waals surface area contributed by atoms with Crippen molar-refractivity contribution in [2.24, 2.45) is 0 Å². The Kier molecular flexibility index (Phi) is 9.12. The first kappa shape index (κ1) is 20.7. The van der Waals surface area contributed by atoms with E-state index in [4.69, 9.17) is 0 Å². The predicted molar refractivity (Wildman–Crippen MR) is 107 cm³/mol. The van der Waals surface area contributed by atoms with Gasteiger partial charge in [-0.3, -0.25) is 9.97 Å². The molecule has 2 nitrogen and oxygen atoms in total. The van der Waals surface area contributed by atoms with E-state index < -0.39 is 0 Å². The van der Waals surface area contributed by atoms with E-state index in [0.717, 1.165) is 24.2 Å². The van der Waals surface area contributed by atoms with Crippen LogP contribution in [0.3, 0.4) is 0 Å². The molecule has 0 saturated heterocycles. The monoisotopic (exact) mass is 531 g/mol. The molecule has 27 heavy (non-hydrogen) atoms. The van der Waals surface area contributed by atoms with E-state index in [1.165, 1.54) is 11.1 Å². The zero-order chi connectivity index (χ0) is 17.9. The fourth-order valence-corrected chi connectivity index (χ4v) is 2.62. The summed E-state index contributed by atoms with van der Waals surface area (Å²) in [5.74, 6) is 0. The Bertz CT molecular complexity index is 715. The molecule has 0 aliphatic rings. The van der Waals surface area contributed by atoms with Gasteiger partial charge in [0.2, 0.25) is 0 Å². The molecule has 0 amide bonds. The average molecular weight is 531 g/mol. The number of hydrogen-bond donors (Lipinski definition) is 0.